The maximum Gasteiger partial charge on any atom is 0.344 e. The second-order valence-electron chi connectivity index (χ2n) is 7.01. The lowest BCUT2D eigenvalue weighted by Crippen LogP contribution is -2.41. The Morgan fingerprint density at radius 3 is 0.931 bits per heavy atom. The Bertz CT molecular complexity index is 340. The highest BCUT2D eigenvalue weighted by molar-refractivity contribution is 7.82. The summed E-state index contributed by atoms with van der Waals surface area (Å²) in [7, 11) is -5.83. The van der Waals surface area contributed by atoms with Gasteiger partial charge in [0.25, 0.3) is 0 Å². The SMILES string of the molecule is CCO[Si](C)(CCC[Si](C)(OCC)OCC)OCC.CCO[Si](C)(CS)OCC. The van der Waals surface area contributed by atoms with Gasteiger partial charge in [-0.3, -0.25) is 0 Å². The van der Waals surface area contributed by atoms with Crippen molar-refractivity contribution in [2.75, 3.05) is 45.0 Å². The van der Waals surface area contributed by atoms with Crippen LogP contribution in [-0.4, -0.2) is 70.7 Å². The summed E-state index contributed by atoms with van der Waals surface area (Å²) in [4.78, 5) is 0. The third kappa shape index (κ3) is 16.1. The van der Waals surface area contributed by atoms with E-state index >= 15 is 0 Å². The van der Waals surface area contributed by atoms with Crippen molar-refractivity contribution in [3.8, 4) is 0 Å². The maximum absolute atomic E-state index is 5.86. The second-order valence-corrected chi connectivity index (χ2v) is 17.8. The molecule has 0 rings (SSSR count). The van der Waals surface area contributed by atoms with E-state index in [0.717, 1.165) is 63.5 Å². The number of hydrogen-bond donors (Lipinski definition) is 1. The summed E-state index contributed by atoms with van der Waals surface area (Å²) in [6.07, 6.45) is 1.06. The summed E-state index contributed by atoms with van der Waals surface area (Å²) in [5.41, 5.74) is 0. The molecule has 0 radical (unpaired) electrons. The molecule has 0 saturated heterocycles. The van der Waals surface area contributed by atoms with E-state index in [0.29, 0.717) is 0 Å². The first-order chi connectivity index (χ1) is 13.6. The molecule has 0 aromatic heterocycles. The summed E-state index contributed by atoms with van der Waals surface area (Å²) >= 11 is 4.18. The molecule has 29 heavy (non-hydrogen) atoms. The van der Waals surface area contributed by atoms with Crippen LogP contribution in [0.4, 0.5) is 0 Å². The Balaban J connectivity index is 0. The van der Waals surface area contributed by atoms with Gasteiger partial charge in [0.15, 0.2) is 0 Å². The lowest BCUT2D eigenvalue weighted by Gasteiger charge is -2.29. The summed E-state index contributed by atoms with van der Waals surface area (Å²) in [5.74, 6) is 0. The molecule has 0 spiro atoms. The fourth-order valence-electron chi connectivity index (χ4n) is 3.07. The number of rotatable bonds is 17. The van der Waals surface area contributed by atoms with Gasteiger partial charge in [-0.25, -0.2) is 0 Å². The minimum atomic E-state index is -1.98. The van der Waals surface area contributed by atoms with Crippen LogP contribution in [0.3, 0.4) is 0 Å². The van der Waals surface area contributed by atoms with Gasteiger partial charge in [0, 0.05) is 45.0 Å². The molecule has 0 heterocycles. The molecule has 0 aliphatic carbocycles. The molecule has 0 saturated carbocycles. The van der Waals surface area contributed by atoms with Gasteiger partial charge >= 0.3 is 25.7 Å². The molecule has 0 unspecified atom stereocenters. The van der Waals surface area contributed by atoms with Gasteiger partial charge < -0.3 is 26.6 Å². The van der Waals surface area contributed by atoms with Crippen LogP contribution in [0, 0.1) is 0 Å². The van der Waals surface area contributed by atoms with E-state index in [1.54, 1.807) is 0 Å². The molecule has 0 aromatic rings. The predicted molar refractivity (Wildman–Crippen MR) is 133 cm³/mol. The predicted octanol–water partition coefficient (Wildman–Crippen LogP) is 5.27. The minimum absolute atomic E-state index is 0.725. The topological polar surface area (TPSA) is 55.4 Å². The van der Waals surface area contributed by atoms with E-state index in [1.165, 1.54) is 0 Å². The van der Waals surface area contributed by atoms with Crippen molar-refractivity contribution in [3.05, 3.63) is 0 Å². The lowest BCUT2D eigenvalue weighted by molar-refractivity contribution is 0.182. The molecule has 0 bridgehead atoms. The molecule has 178 valence electrons. The molecule has 6 nitrogen and oxygen atoms in total. The van der Waals surface area contributed by atoms with Crippen LogP contribution in [0.5, 0.6) is 0 Å². The largest absolute Gasteiger partial charge is 0.395 e. The van der Waals surface area contributed by atoms with Crippen LogP contribution in [0.25, 0.3) is 0 Å². The van der Waals surface area contributed by atoms with Crippen LogP contribution in [0.2, 0.25) is 31.7 Å². The van der Waals surface area contributed by atoms with Crippen molar-refractivity contribution in [2.24, 2.45) is 0 Å². The Morgan fingerprint density at radius 2 is 0.724 bits per heavy atom. The normalized spacial score (nSPS) is 12.6. The molecule has 0 aromatic carbocycles. The fraction of sp³-hybridized carbons (Fsp3) is 1.00. The van der Waals surface area contributed by atoms with E-state index < -0.39 is 25.7 Å². The average Bonchev–Trinajstić information content (AvgIpc) is 2.63. The fourth-order valence-corrected chi connectivity index (χ4v) is 10.3. The highest BCUT2D eigenvalue weighted by atomic mass is 32.1. The number of hydrogen-bond acceptors (Lipinski definition) is 7. The highest BCUT2D eigenvalue weighted by Crippen LogP contribution is 2.23. The van der Waals surface area contributed by atoms with Crippen LogP contribution in [0.1, 0.15) is 48.0 Å². The van der Waals surface area contributed by atoms with Gasteiger partial charge in [-0.2, -0.15) is 12.6 Å². The first kappa shape index (κ1) is 31.9. The maximum atomic E-state index is 5.86. The van der Waals surface area contributed by atoms with E-state index in [4.69, 9.17) is 26.6 Å². The summed E-state index contributed by atoms with van der Waals surface area (Å²) < 4.78 is 34.3. The van der Waals surface area contributed by atoms with Crippen molar-refractivity contribution in [1.82, 2.24) is 0 Å². The second kappa shape index (κ2) is 18.3. The van der Waals surface area contributed by atoms with E-state index in [1.807, 2.05) is 48.1 Å². The van der Waals surface area contributed by atoms with E-state index in [-0.39, 0.29) is 0 Å². The van der Waals surface area contributed by atoms with Gasteiger partial charge in [0.05, 0.1) is 0 Å². The highest BCUT2D eigenvalue weighted by Gasteiger charge is 2.35. The van der Waals surface area contributed by atoms with Gasteiger partial charge in [-0.15, -0.1) is 0 Å². The molecule has 0 N–H and O–H groups in total. The Labute approximate surface area is 189 Å². The van der Waals surface area contributed by atoms with Crippen LogP contribution in [-0.2, 0) is 26.6 Å². The summed E-state index contributed by atoms with van der Waals surface area (Å²) in [5, 5.41) is 0.731. The summed E-state index contributed by atoms with van der Waals surface area (Å²) in [6.45, 7) is 22.8. The van der Waals surface area contributed by atoms with Crippen molar-refractivity contribution < 1.29 is 26.6 Å². The Kier molecular flexibility index (Phi) is 20.2. The monoisotopic (exact) mass is 488 g/mol. The third-order valence-corrected chi connectivity index (χ3v) is 14.5. The molecule has 0 aliphatic heterocycles. The molecular weight excluding hydrogens is 441 g/mol. The van der Waals surface area contributed by atoms with Gasteiger partial charge in [0.2, 0.25) is 0 Å². The van der Waals surface area contributed by atoms with Gasteiger partial charge in [-0.1, -0.05) is 0 Å². The third-order valence-electron chi connectivity index (χ3n) is 4.25. The van der Waals surface area contributed by atoms with E-state index in [9.17, 15) is 0 Å². The minimum Gasteiger partial charge on any atom is -0.395 e. The molecule has 0 atom stereocenters. The average molecular weight is 489 g/mol. The first-order valence-corrected chi connectivity index (χ1v) is 19.3. The smallest absolute Gasteiger partial charge is 0.344 e. The first-order valence-electron chi connectivity index (χ1n) is 11.1. The van der Waals surface area contributed by atoms with E-state index in [2.05, 4.69) is 25.7 Å². The quantitative estimate of drug-likeness (QED) is 0.222. The molecule has 10 heteroatoms. The zero-order valence-electron chi connectivity index (χ0n) is 20.5. The van der Waals surface area contributed by atoms with Gasteiger partial charge in [0.1, 0.15) is 0 Å². The standard InChI is InChI=1S/C13H32O4Si2.C6H16O2SSi/c1-7-14-18(5,15-8-2)12-11-13-19(6,16-9-3)17-10-4;1-4-7-10(3,6-9)8-5-2/h7-13H2,1-6H3;9H,4-6H2,1-3H3. The van der Waals surface area contributed by atoms with Crippen molar-refractivity contribution in [3.63, 3.8) is 0 Å². The summed E-state index contributed by atoms with van der Waals surface area (Å²) in [6, 6.07) is 2.02. The van der Waals surface area contributed by atoms with Gasteiger partial charge in [-0.05, 0) is 79.7 Å². The van der Waals surface area contributed by atoms with Crippen molar-refractivity contribution in [2.45, 2.75) is 79.7 Å². The molecule has 0 amide bonds. The zero-order chi connectivity index (χ0) is 22.8. The Morgan fingerprint density at radius 1 is 0.483 bits per heavy atom. The Hall–Kier alpha value is 0.761. The van der Waals surface area contributed by atoms with Crippen LogP contribution >= 0.6 is 12.6 Å². The lowest BCUT2D eigenvalue weighted by atomic mass is 10.6. The molecule has 0 aliphatic rings. The number of thiol groups is 1. The zero-order valence-corrected chi connectivity index (χ0v) is 24.4. The van der Waals surface area contributed by atoms with Crippen molar-refractivity contribution in [1.29, 1.82) is 0 Å². The van der Waals surface area contributed by atoms with Crippen LogP contribution in [0.15, 0.2) is 0 Å². The molecular formula is C19H48O6SSi3. The van der Waals surface area contributed by atoms with Crippen molar-refractivity contribution >= 4 is 38.3 Å². The molecule has 0 fully saturated rings. The van der Waals surface area contributed by atoms with Crippen LogP contribution < -0.4 is 0 Å².